The first-order chi connectivity index (χ1) is 14.3. The van der Waals surface area contributed by atoms with Gasteiger partial charge in [-0.25, -0.2) is 9.78 Å². The Morgan fingerprint density at radius 3 is 2.47 bits per heavy atom. The van der Waals surface area contributed by atoms with Gasteiger partial charge in [0.05, 0.1) is 31.7 Å². The largest absolute Gasteiger partial charge is 0.493 e. The molecule has 1 aromatic carbocycles. The number of quaternary nitrogens is 1. The van der Waals surface area contributed by atoms with Crippen LogP contribution in [0.25, 0.3) is 10.9 Å². The summed E-state index contributed by atoms with van der Waals surface area (Å²) in [6, 6.07) is 2.69. The number of aromatic amines is 1. The number of urea groups is 1. The molecule has 0 spiro atoms. The Morgan fingerprint density at radius 2 is 1.87 bits per heavy atom. The summed E-state index contributed by atoms with van der Waals surface area (Å²) in [5.74, 6) is 0.953. The van der Waals surface area contributed by atoms with Gasteiger partial charge in [-0.3, -0.25) is 14.9 Å². The number of likely N-dealkylation sites (N-methyl/N-ethyl adjacent to an activating group) is 1. The molecule has 0 fully saturated rings. The summed E-state index contributed by atoms with van der Waals surface area (Å²) in [5, 5.41) is 5.40. The lowest BCUT2D eigenvalue weighted by Gasteiger charge is -2.17. The lowest BCUT2D eigenvalue weighted by Crippen LogP contribution is -3.11. The summed E-state index contributed by atoms with van der Waals surface area (Å²) in [4.78, 5) is 44.6. The van der Waals surface area contributed by atoms with E-state index in [1.807, 2.05) is 20.8 Å². The third kappa shape index (κ3) is 5.93. The van der Waals surface area contributed by atoms with Crippen molar-refractivity contribution in [2.45, 2.75) is 39.8 Å². The van der Waals surface area contributed by atoms with Crippen LogP contribution in [-0.2, 0) is 11.3 Å². The molecular weight excluding hydrogens is 390 g/mol. The number of amides is 3. The molecule has 4 N–H and O–H groups in total. The van der Waals surface area contributed by atoms with Gasteiger partial charge in [-0.2, -0.15) is 0 Å². The van der Waals surface area contributed by atoms with Gasteiger partial charge < -0.3 is 24.7 Å². The normalized spacial score (nSPS) is 12.8. The second-order valence-corrected chi connectivity index (χ2v) is 7.03. The molecule has 0 saturated carbocycles. The second kappa shape index (κ2) is 10.6. The number of benzene rings is 1. The van der Waals surface area contributed by atoms with Crippen molar-refractivity contribution in [3.8, 4) is 11.5 Å². The number of H-pyrrole nitrogens is 1. The first kappa shape index (κ1) is 23.1. The van der Waals surface area contributed by atoms with Crippen molar-refractivity contribution in [3.05, 3.63) is 28.3 Å². The smallest absolute Gasteiger partial charge is 0.321 e. The highest BCUT2D eigenvalue weighted by atomic mass is 16.5. The number of fused-ring (bicyclic) bond motifs is 1. The Bertz CT molecular complexity index is 958. The zero-order valence-electron chi connectivity index (χ0n) is 18.0. The van der Waals surface area contributed by atoms with E-state index in [4.69, 9.17) is 9.47 Å². The van der Waals surface area contributed by atoms with E-state index in [9.17, 15) is 14.4 Å². The zero-order valence-corrected chi connectivity index (χ0v) is 18.0. The van der Waals surface area contributed by atoms with Crippen LogP contribution in [0.1, 0.15) is 33.0 Å². The van der Waals surface area contributed by atoms with Crippen molar-refractivity contribution in [2.75, 3.05) is 27.3 Å². The van der Waals surface area contributed by atoms with E-state index in [-0.39, 0.29) is 18.1 Å². The van der Waals surface area contributed by atoms with Crippen LogP contribution in [0, 0.1) is 0 Å². The Labute approximate surface area is 175 Å². The zero-order chi connectivity index (χ0) is 22.3. The molecule has 2 atom stereocenters. The van der Waals surface area contributed by atoms with Gasteiger partial charge in [-0.15, -0.1) is 0 Å². The Hall–Kier alpha value is -3.14. The third-order valence-electron chi connectivity index (χ3n) is 4.83. The van der Waals surface area contributed by atoms with E-state index in [2.05, 4.69) is 20.6 Å². The van der Waals surface area contributed by atoms with Crippen molar-refractivity contribution in [1.29, 1.82) is 0 Å². The number of rotatable bonds is 9. The first-order valence-corrected chi connectivity index (χ1v) is 9.90. The van der Waals surface area contributed by atoms with Crippen LogP contribution in [0.4, 0.5) is 4.79 Å². The summed E-state index contributed by atoms with van der Waals surface area (Å²) in [6.07, 6.45) is 0.769. The van der Waals surface area contributed by atoms with Gasteiger partial charge in [-0.05, 0) is 26.3 Å². The average Bonchev–Trinajstić information content (AvgIpc) is 2.71. The number of aromatic nitrogens is 2. The van der Waals surface area contributed by atoms with Crippen LogP contribution in [-0.4, -0.2) is 55.3 Å². The number of carbonyl (C=O) groups excluding carboxylic acids is 2. The SMILES string of the molecule is CC[C@@H](C)NC(=O)NC(=O)C[NH+](CC)Cc1nc2cc(OC)c(OC)cc2c(=O)[nH]1. The highest BCUT2D eigenvalue weighted by molar-refractivity contribution is 5.94. The fourth-order valence-electron chi connectivity index (χ4n) is 2.91. The van der Waals surface area contributed by atoms with Crippen LogP contribution < -0.4 is 30.6 Å². The van der Waals surface area contributed by atoms with Crippen LogP contribution in [0.2, 0.25) is 0 Å². The molecule has 0 bridgehead atoms. The molecule has 0 aliphatic rings. The summed E-state index contributed by atoms with van der Waals surface area (Å²) >= 11 is 0. The van der Waals surface area contributed by atoms with Gasteiger partial charge in [-0.1, -0.05) is 6.92 Å². The summed E-state index contributed by atoms with van der Waals surface area (Å²) < 4.78 is 10.5. The standard InChI is InChI=1S/C20H29N5O5/c1-6-12(3)21-20(28)24-18(26)11-25(7-2)10-17-22-14-9-16(30-5)15(29-4)8-13(14)19(27)23-17/h8-9,12H,6-7,10-11H2,1-5H3,(H,22,23,27)(H2,21,24,26,28)/p+1/t12-/m1/s1. The molecule has 2 aromatic rings. The number of ether oxygens (including phenoxy) is 2. The molecule has 30 heavy (non-hydrogen) atoms. The predicted molar refractivity (Wildman–Crippen MR) is 112 cm³/mol. The molecule has 10 nitrogen and oxygen atoms in total. The minimum Gasteiger partial charge on any atom is -0.493 e. The van der Waals surface area contributed by atoms with E-state index in [1.54, 1.807) is 12.1 Å². The molecule has 3 amide bonds. The summed E-state index contributed by atoms with van der Waals surface area (Å²) in [6.45, 7) is 6.70. The Balaban J connectivity index is 2.13. The van der Waals surface area contributed by atoms with Gasteiger partial charge in [0.2, 0.25) is 0 Å². The fourth-order valence-corrected chi connectivity index (χ4v) is 2.91. The quantitative estimate of drug-likeness (QED) is 0.451. The summed E-state index contributed by atoms with van der Waals surface area (Å²) in [7, 11) is 3.01. The maximum atomic E-state index is 12.5. The van der Waals surface area contributed by atoms with E-state index < -0.39 is 11.9 Å². The second-order valence-electron chi connectivity index (χ2n) is 7.03. The molecule has 0 aliphatic heterocycles. The van der Waals surface area contributed by atoms with Crippen molar-refractivity contribution in [3.63, 3.8) is 0 Å². The fraction of sp³-hybridized carbons (Fsp3) is 0.500. The van der Waals surface area contributed by atoms with Gasteiger partial charge >= 0.3 is 6.03 Å². The number of nitrogens with one attached hydrogen (secondary N) is 4. The van der Waals surface area contributed by atoms with Crippen molar-refractivity contribution in [1.82, 2.24) is 20.6 Å². The summed E-state index contributed by atoms with van der Waals surface area (Å²) in [5.41, 5.74) is 0.169. The predicted octanol–water partition coefficient (Wildman–Crippen LogP) is -0.0306. The van der Waals surface area contributed by atoms with Gasteiger partial charge in [0.1, 0.15) is 6.54 Å². The number of imide groups is 1. The Morgan fingerprint density at radius 1 is 1.20 bits per heavy atom. The van der Waals surface area contributed by atoms with Crippen molar-refractivity contribution >= 4 is 22.8 Å². The highest BCUT2D eigenvalue weighted by Gasteiger charge is 2.18. The molecule has 0 saturated heterocycles. The van der Waals surface area contributed by atoms with Gasteiger partial charge in [0.15, 0.2) is 23.9 Å². The number of hydrogen-bond acceptors (Lipinski definition) is 6. The highest BCUT2D eigenvalue weighted by Crippen LogP contribution is 2.29. The van der Waals surface area contributed by atoms with Crippen molar-refractivity contribution in [2.24, 2.45) is 0 Å². The lowest BCUT2D eigenvalue weighted by atomic mass is 10.2. The molecule has 1 unspecified atom stereocenters. The lowest BCUT2D eigenvalue weighted by molar-refractivity contribution is -0.904. The molecule has 10 heteroatoms. The number of methoxy groups -OCH3 is 2. The molecule has 1 aromatic heterocycles. The molecule has 0 aliphatic carbocycles. The van der Waals surface area contributed by atoms with Crippen LogP contribution in [0.3, 0.4) is 0 Å². The maximum Gasteiger partial charge on any atom is 0.321 e. The average molecular weight is 420 g/mol. The number of carbonyl (C=O) groups is 2. The minimum atomic E-state index is -0.511. The van der Waals surface area contributed by atoms with Crippen LogP contribution in [0.15, 0.2) is 16.9 Å². The van der Waals surface area contributed by atoms with Crippen LogP contribution >= 0.6 is 0 Å². The molecular formula is C20H30N5O5+. The molecule has 0 radical (unpaired) electrons. The minimum absolute atomic E-state index is 0.0186. The van der Waals surface area contributed by atoms with Crippen LogP contribution in [0.5, 0.6) is 11.5 Å². The molecule has 1 heterocycles. The van der Waals surface area contributed by atoms with E-state index >= 15 is 0 Å². The molecule has 2 rings (SSSR count). The monoisotopic (exact) mass is 420 g/mol. The Kier molecular flexibility index (Phi) is 8.16. The van der Waals surface area contributed by atoms with Crippen molar-refractivity contribution < 1.29 is 24.0 Å². The van der Waals surface area contributed by atoms with Gasteiger partial charge in [0, 0.05) is 12.1 Å². The van der Waals surface area contributed by atoms with E-state index in [0.29, 0.717) is 41.3 Å². The maximum absolute atomic E-state index is 12.5. The topological polar surface area (TPSA) is 127 Å². The number of nitrogens with zero attached hydrogens (tertiary/aromatic N) is 1. The third-order valence-corrected chi connectivity index (χ3v) is 4.83. The number of hydrogen-bond donors (Lipinski definition) is 4. The van der Waals surface area contributed by atoms with E-state index in [0.717, 1.165) is 11.3 Å². The van der Waals surface area contributed by atoms with E-state index in [1.165, 1.54) is 14.2 Å². The molecule has 164 valence electrons. The first-order valence-electron chi connectivity index (χ1n) is 9.90. The van der Waals surface area contributed by atoms with Gasteiger partial charge in [0.25, 0.3) is 11.5 Å².